The summed E-state index contributed by atoms with van der Waals surface area (Å²) in [5.74, 6) is 0.943. The summed E-state index contributed by atoms with van der Waals surface area (Å²) < 4.78 is 0.916. The molecule has 0 bridgehead atoms. The number of nitrogens with zero attached hydrogens (tertiary/aromatic N) is 3. The largest absolute Gasteiger partial charge is 0.392 e. The number of piperidine rings is 1. The molecule has 0 radical (unpaired) electrons. The Morgan fingerprint density at radius 1 is 1.38 bits per heavy atom. The topological polar surface area (TPSA) is 49.2 Å². The first-order valence-electron chi connectivity index (χ1n) is 5.62. The van der Waals surface area contributed by atoms with E-state index in [0.717, 1.165) is 41.9 Å². The van der Waals surface area contributed by atoms with Gasteiger partial charge in [-0.2, -0.15) is 0 Å². The minimum absolute atomic E-state index is 0.111. The van der Waals surface area contributed by atoms with Crippen LogP contribution in [0.4, 0.5) is 5.82 Å². The van der Waals surface area contributed by atoms with Crippen molar-refractivity contribution in [3.63, 3.8) is 0 Å². The summed E-state index contributed by atoms with van der Waals surface area (Å²) in [5, 5.41) is 18.2. The van der Waals surface area contributed by atoms with Crippen LogP contribution in [0.2, 0.25) is 0 Å². The molecule has 3 rings (SSSR count). The van der Waals surface area contributed by atoms with Crippen LogP contribution in [0, 0.1) is 9.12 Å². The normalized spacial score (nSPS) is 27.1. The molecule has 2 heterocycles. The molecule has 0 amide bonds. The Balaban J connectivity index is 1.79. The molecule has 1 aromatic heterocycles. The van der Waals surface area contributed by atoms with E-state index in [4.69, 9.17) is 0 Å². The molecule has 1 aliphatic carbocycles. The number of aliphatic hydroxyl groups is 1. The van der Waals surface area contributed by atoms with Crippen molar-refractivity contribution in [3.05, 3.63) is 15.8 Å². The molecule has 1 N–H and O–H groups in total. The predicted octanol–water partition coefficient (Wildman–Crippen LogP) is 1.43. The van der Waals surface area contributed by atoms with Gasteiger partial charge < -0.3 is 10.0 Å². The molecule has 16 heavy (non-hydrogen) atoms. The van der Waals surface area contributed by atoms with E-state index in [1.807, 2.05) is 12.1 Å². The number of hydrogen-bond acceptors (Lipinski definition) is 4. The van der Waals surface area contributed by atoms with Gasteiger partial charge in [0.05, 0.1) is 6.10 Å². The van der Waals surface area contributed by atoms with E-state index in [2.05, 4.69) is 37.7 Å². The molecule has 1 saturated heterocycles. The van der Waals surface area contributed by atoms with Gasteiger partial charge in [-0.1, -0.05) is 0 Å². The number of aromatic nitrogens is 2. The highest BCUT2D eigenvalue weighted by Crippen LogP contribution is 2.52. The Morgan fingerprint density at radius 3 is 2.81 bits per heavy atom. The van der Waals surface area contributed by atoms with Crippen LogP contribution in [-0.2, 0) is 0 Å². The minimum atomic E-state index is -0.111. The Bertz CT molecular complexity index is 391. The Kier molecular flexibility index (Phi) is 2.54. The number of aliphatic hydroxyl groups excluding tert-OH is 1. The fourth-order valence-electron chi connectivity index (χ4n) is 2.47. The molecule has 1 aliphatic heterocycles. The maximum atomic E-state index is 9.94. The molecule has 1 atom stereocenters. The van der Waals surface area contributed by atoms with Crippen molar-refractivity contribution in [1.82, 2.24) is 10.2 Å². The Morgan fingerprint density at radius 2 is 2.19 bits per heavy atom. The number of halogens is 1. The van der Waals surface area contributed by atoms with E-state index in [1.54, 1.807) is 0 Å². The van der Waals surface area contributed by atoms with E-state index in [1.165, 1.54) is 0 Å². The highest BCUT2D eigenvalue weighted by molar-refractivity contribution is 14.1. The third-order valence-corrected chi connectivity index (χ3v) is 4.29. The molecule has 1 spiro atoms. The summed E-state index contributed by atoms with van der Waals surface area (Å²) in [6, 6.07) is 4.00. The lowest BCUT2D eigenvalue weighted by atomic mass is 9.91. The highest BCUT2D eigenvalue weighted by Gasteiger charge is 2.52. The Labute approximate surface area is 108 Å². The van der Waals surface area contributed by atoms with Gasteiger partial charge in [-0.25, -0.2) is 0 Å². The fourth-order valence-corrected chi connectivity index (χ4v) is 2.76. The van der Waals surface area contributed by atoms with Crippen LogP contribution in [0.15, 0.2) is 12.1 Å². The third kappa shape index (κ3) is 1.79. The van der Waals surface area contributed by atoms with Crippen LogP contribution >= 0.6 is 22.6 Å². The maximum Gasteiger partial charge on any atom is 0.151 e. The summed E-state index contributed by atoms with van der Waals surface area (Å²) in [6.07, 6.45) is 3.05. The molecular weight excluding hydrogens is 317 g/mol. The average molecular weight is 331 g/mol. The lowest BCUT2D eigenvalue weighted by Gasteiger charge is -2.37. The van der Waals surface area contributed by atoms with Crippen molar-refractivity contribution in [3.8, 4) is 0 Å². The van der Waals surface area contributed by atoms with Crippen molar-refractivity contribution in [2.75, 3.05) is 18.0 Å². The molecule has 4 nitrogen and oxygen atoms in total. The quantitative estimate of drug-likeness (QED) is 0.791. The van der Waals surface area contributed by atoms with Gasteiger partial charge in [-0.15, -0.1) is 10.2 Å². The van der Waals surface area contributed by atoms with Gasteiger partial charge in [0, 0.05) is 18.5 Å². The molecule has 0 unspecified atom stereocenters. The molecule has 1 saturated carbocycles. The lowest BCUT2D eigenvalue weighted by Crippen LogP contribution is -2.45. The summed E-state index contributed by atoms with van der Waals surface area (Å²) in [7, 11) is 0. The fraction of sp³-hybridized carbons (Fsp3) is 0.636. The van der Waals surface area contributed by atoms with Crippen LogP contribution in [0.3, 0.4) is 0 Å². The van der Waals surface area contributed by atoms with Crippen molar-refractivity contribution < 1.29 is 5.11 Å². The molecule has 2 aliphatic rings. The first-order chi connectivity index (χ1) is 7.70. The zero-order valence-electron chi connectivity index (χ0n) is 8.93. The predicted molar refractivity (Wildman–Crippen MR) is 69.3 cm³/mol. The number of hydrogen-bond donors (Lipinski definition) is 1. The van der Waals surface area contributed by atoms with Gasteiger partial charge >= 0.3 is 0 Å². The van der Waals surface area contributed by atoms with Gasteiger partial charge in [0.1, 0.15) is 3.70 Å². The standard InChI is InChI=1S/C11H14IN3O/c12-9-1-2-10(14-13-9)15-6-3-8(16)11(7-15)4-5-11/h1-2,8,16H,3-7H2/t8-/m1/s1. The van der Waals surface area contributed by atoms with E-state index in [0.29, 0.717) is 0 Å². The Hall–Kier alpha value is -0.430. The van der Waals surface area contributed by atoms with Gasteiger partial charge in [-0.3, -0.25) is 0 Å². The minimum Gasteiger partial charge on any atom is -0.392 e. The van der Waals surface area contributed by atoms with Crippen molar-refractivity contribution in [2.24, 2.45) is 5.41 Å². The second kappa shape index (κ2) is 3.80. The lowest BCUT2D eigenvalue weighted by molar-refractivity contribution is 0.0733. The van der Waals surface area contributed by atoms with Crippen LogP contribution in [0.25, 0.3) is 0 Å². The molecule has 0 aromatic carbocycles. The SMILES string of the molecule is O[C@@H]1CCN(c2ccc(I)nn2)CC12CC2. The molecule has 2 fully saturated rings. The van der Waals surface area contributed by atoms with Gasteiger partial charge in [0.2, 0.25) is 0 Å². The van der Waals surface area contributed by atoms with Crippen molar-refractivity contribution >= 4 is 28.4 Å². The molecule has 86 valence electrons. The maximum absolute atomic E-state index is 9.94. The smallest absolute Gasteiger partial charge is 0.151 e. The molecular formula is C11H14IN3O. The first kappa shape index (κ1) is 10.7. The van der Waals surface area contributed by atoms with Crippen molar-refractivity contribution in [1.29, 1.82) is 0 Å². The van der Waals surface area contributed by atoms with E-state index < -0.39 is 0 Å². The monoisotopic (exact) mass is 331 g/mol. The van der Waals surface area contributed by atoms with Crippen LogP contribution < -0.4 is 4.90 Å². The highest BCUT2D eigenvalue weighted by atomic mass is 127. The first-order valence-corrected chi connectivity index (χ1v) is 6.70. The number of anilines is 1. The summed E-state index contributed by atoms with van der Waals surface area (Å²) in [4.78, 5) is 2.25. The van der Waals surface area contributed by atoms with Crippen LogP contribution in [0.1, 0.15) is 19.3 Å². The van der Waals surface area contributed by atoms with Gasteiger partial charge in [0.15, 0.2) is 5.82 Å². The number of rotatable bonds is 1. The van der Waals surface area contributed by atoms with E-state index in [9.17, 15) is 5.11 Å². The van der Waals surface area contributed by atoms with E-state index in [-0.39, 0.29) is 11.5 Å². The average Bonchev–Trinajstić information content (AvgIpc) is 3.05. The molecule has 5 heteroatoms. The molecule has 1 aromatic rings. The summed E-state index contributed by atoms with van der Waals surface area (Å²) in [5.41, 5.74) is 0.170. The summed E-state index contributed by atoms with van der Waals surface area (Å²) >= 11 is 2.16. The zero-order chi connectivity index (χ0) is 11.2. The van der Waals surface area contributed by atoms with Gasteiger partial charge in [-0.05, 0) is 54.0 Å². The van der Waals surface area contributed by atoms with Gasteiger partial charge in [0.25, 0.3) is 0 Å². The zero-order valence-corrected chi connectivity index (χ0v) is 11.1. The van der Waals surface area contributed by atoms with Crippen LogP contribution in [-0.4, -0.2) is 34.5 Å². The van der Waals surface area contributed by atoms with Crippen molar-refractivity contribution in [2.45, 2.75) is 25.4 Å². The van der Waals surface area contributed by atoms with E-state index >= 15 is 0 Å². The van der Waals surface area contributed by atoms with Crippen LogP contribution in [0.5, 0.6) is 0 Å². The summed E-state index contributed by atoms with van der Waals surface area (Å²) in [6.45, 7) is 1.82. The second-order valence-corrected chi connectivity index (χ2v) is 5.91. The second-order valence-electron chi connectivity index (χ2n) is 4.80. The third-order valence-electron chi connectivity index (χ3n) is 3.72.